The van der Waals surface area contributed by atoms with Gasteiger partial charge in [0.05, 0.1) is 0 Å². The zero-order valence-electron chi connectivity index (χ0n) is 12.1. The van der Waals surface area contributed by atoms with Gasteiger partial charge >= 0.3 is 0 Å². The Bertz CT molecular complexity index is 521. The predicted octanol–water partition coefficient (Wildman–Crippen LogP) is 1.31. The van der Waals surface area contributed by atoms with E-state index in [1.54, 1.807) is 6.07 Å². The SMILES string of the molecule is CC1CN(Cc2cc(F)cc(C#CCO)c2)CCN1C. The second kappa shape index (κ2) is 6.85. The highest BCUT2D eigenvalue weighted by molar-refractivity contribution is 5.37. The average Bonchev–Trinajstić information content (AvgIpc) is 2.40. The normalized spacial score (nSPS) is 20.5. The molecule has 0 aliphatic carbocycles. The number of nitrogens with zero attached hydrogens (tertiary/aromatic N) is 2. The molecule has 1 aliphatic heterocycles. The van der Waals surface area contributed by atoms with Gasteiger partial charge in [-0.15, -0.1) is 0 Å². The molecule has 0 aromatic heterocycles. The topological polar surface area (TPSA) is 26.7 Å². The minimum atomic E-state index is -0.271. The number of aliphatic hydroxyl groups is 1. The minimum Gasteiger partial charge on any atom is -0.384 e. The van der Waals surface area contributed by atoms with Crippen molar-refractivity contribution in [2.75, 3.05) is 33.3 Å². The molecule has 1 atom stereocenters. The van der Waals surface area contributed by atoms with E-state index in [-0.39, 0.29) is 12.4 Å². The summed E-state index contributed by atoms with van der Waals surface area (Å²) in [4.78, 5) is 4.67. The number of benzene rings is 1. The van der Waals surface area contributed by atoms with Crippen LogP contribution in [0.3, 0.4) is 0 Å². The molecule has 1 aromatic rings. The molecule has 1 unspecified atom stereocenters. The van der Waals surface area contributed by atoms with Gasteiger partial charge in [0.1, 0.15) is 12.4 Å². The quantitative estimate of drug-likeness (QED) is 0.825. The van der Waals surface area contributed by atoms with Crippen LogP contribution in [-0.2, 0) is 6.54 Å². The number of likely N-dealkylation sites (N-methyl/N-ethyl adjacent to an activating group) is 1. The van der Waals surface area contributed by atoms with E-state index in [4.69, 9.17) is 5.11 Å². The van der Waals surface area contributed by atoms with Crippen molar-refractivity contribution in [2.45, 2.75) is 19.5 Å². The van der Waals surface area contributed by atoms with Crippen molar-refractivity contribution in [1.29, 1.82) is 0 Å². The van der Waals surface area contributed by atoms with Crippen molar-refractivity contribution < 1.29 is 9.50 Å². The molecule has 20 heavy (non-hydrogen) atoms. The third-order valence-electron chi connectivity index (χ3n) is 3.72. The van der Waals surface area contributed by atoms with Gasteiger partial charge in [0.25, 0.3) is 0 Å². The fraction of sp³-hybridized carbons (Fsp3) is 0.500. The highest BCUT2D eigenvalue weighted by Gasteiger charge is 2.20. The van der Waals surface area contributed by atoms with E-state index < -0.39 is 0 Å². The third-order valence-corrected chi connectivity index (χ3v) is 3.72. The van der Waals surface area contributed by atoms with Crippen LogP contribution < -0.4 is 0 Å². The van der Waals surface area contributed by atoms with E-state index in [0.29, 0.717) is 11.6 Å². The van der Waals surface area contributed by atoms with E-state index >= 15 is 0 Å². The molecule has 1 N–H and O–H groups in total. The number of rotatable bonds is 2. The van der Waals surface area contributed by atoms with E-state index in [2.05, 4.69) is 35.6 Å². The Labute approximate surface area is 120 Å². The first-order chi connectivity index (χ1) is 9.58. The summed E-state index contributed by atoms with van der Waals surface area (Å²) in [5.74, 6) is 5.04. The molecule has 2 rings (SSSR count). The van der Waals surface area contributed by atoms with Crippen molar-refractivity contribution in [3.05, 3.63) is 35.1 Å². The van der Waals surface area contributed by atoms with Gasteiger partial charge in [0, 0.05) is 37.8 Å². The molecule has 1 aromatic carbocycles. The highest BCUT2D eigenvalue weighted by atomic mass is 19.1. The Morgan fingerprint density at radius 2 is 2.15 bits per heavy atom. The van der Waals surface area contributed by atoms with Crippen LogP contribution in [0.25, 0.3) is 0 Å². The lowest BCUT2D eigenvalue weighted by atomic mass is 10.1. The molecule has 108 valence electrons. The lowest BCUT2D eigenvalue weighted by Crippen LogP contribution is -2.49. The maximum absolute atomic E-state index is 13.6. The summed E-state index contributed by atoms with van der Waals surface area (Å²) < 4.78 is 13.6. The average molecular weight is 276 g/mol. The fourth-order valence-corrected chi connectivity index (χ4v) is 2.48. The molecule has 3 nitrogen and oxygen atoms in total. The monoisotopic (exact) mass is 276 g/mol. The van der Waals surface area contributed by atoms with E-state index in [1.165, 1.54) is 6.07 Å². The molecule has 1 saturated heterocycles. The Morgan fingerprint density at radius 3 is 2.85 bits per heavy atom. The Morgan fingerprint density at radius 1 is 1.35 bits per heavy atom. The number of aliphatic hydroxyl groups excluding tert-OH is 1. The molecular weight excluding hydrogens is 255 g/mol. The molecule has 4 heteroatoms. The van der Waals surface area contributed by atoms with Gasteiger partial charge in [0.2, 0.25) is 0 Å². The van der Waals surface area contributed by atoms with Gasteiger partial charge < -0.3 is 10.0 Å². The smallest absolute Gasteiger partial charge is 0.124 e. The maximum Gasteiger partial charge on any atom is 0.124 e. The number of hydrogen-bond acceptors (Lipinski definition) is 3. The second-order valence-corrected chi connectivity index (χ2v) is 5.37. The van der Waals surface area contributed by atoms with Gasteiger partial charge in [-0.2, -0.15) is 0 Å². The molecule has 0 saturated carbocycles. The standard InChI is InChI=1S/C16H21FN2O/c1-13-11-19(6-5-18(13)2)12-15-8-14(4-3-7-20)9-16(17)10-15/h8-10,13,20H,5-7,11-12H2,1-2H3. The van der Waals surface area contributed by atoms with Gasteiger partial charge in [-0.3, -0.25) is 4.90 Å². The number of halogens is 1. The van der Waals surface area contributed by atoms with Gasteiger partial charge in [-0.25, -0.2) is 4.39 Å². The van der Waals surface area contributed by atoms with Gasteiger partial charge in [-0.05, 0) is 37.7 Å². The number of hydrogen-bond donors (Lipinski definition) is 1. The summed E-state index contributed by atoms with van der Waals surface area (Å²) in [6.07, 6.45) is 0. The minimum absolute atomic E-state index is 0.207. The predicted molar refractivity (Wildman–Crippen MR) is 77.7 cm³/mol. The third kappa shape index (κ3) is 4.04. The van der Waals surface area contributed by atoms with E-state index in [0.717, 1.165) is 31.7 Å². The molecule has 0 radical (unpaired) electrons. The van der Waals surface area contributed by atoms with Gasteiger partial charge in [0.15, 0.2) is 0 Å². The Hall–Kier alpha value is -1.41. The maximum atomic E-state index is 13.6. The molecule has 0 bridgehead atoms. The van der Waals surface area contributed by atoms with Crippen LogP contribution in [0.4, 0.5) is 4.39 Å². The number of piperazine rings is 1. The van der Waals surface area contributed by atoms with Crippen LogP contribution in [-0.4, -0.2) is 54.2 Å². The first-order valence-corrected chi connectivity index (χ1v) is 6.90. The lowest BCUT2D eigenvalue weighted by molar-refractivity contribution is 0.0999. The van der Waals surface area contributed by atoms with Crippen molar-refractivity contribution in [3.63, 3.8) is 0 Å². The van der Waals surface area contributed by atoms with E-state index in [9.17, 15) is 4.39 Å². The molecular formula is C16H21FN2O. The summed E-state index contributed by atoms with van der Waals surface area (Å²) in [5.41, 5.74) is 1.56. The Balaban J connectivity index is 2.07. The Kier molecular flexibility index (Phi) is 5.13. The largest absolute Gasteiger partial charge is 0.384 e. The van der Waals surface area contributed by atoms with Crippen molar-refractivity contribution in [3.8, 4) is 11.8 Å². The molecule has 0 amide bonds. The highest BCUT2D eigenvalue weighted by Crippen LogP contribution is 2.14. The second-order valence-electron chi connectivity index (χ2n) is 5.37. The molecule has 1 aliphatic rings. The van der Waals surface area contributed by atoms with Crippen molar-refractivity contribution in [2.24, 2.45) is 0 Å². The van der Waals surface area contributed by atoms with Crippen LogP contribution in [0.2, 0.25) is 0 Å². The zero-order chi connectivity index (χ0) is 14.5. The summed E-state index contributed by atoms with van der Waals surface area (Å²) in [6.45, 7) is 5.76. The lowest BCUT2D eigenvalue weighted by Gasteiger charge is -2.37. The fourth-order valence-electron chi connectivity index (χ4n) is 2.48. The van der Waals surface area contributed by atoms with Crippen LogP contribution >= 0.6 is 0 Å². The summed E-state index contributed by atoms with van der Waals surface area (Å²) in [5, 5.41) is 8.70. The summed E-state index contributed by atoms with van der Waals surface area (Å²) >= 11 is 0. The van der Waals surface area contributed by atoms with Crippen LogP contribution in [0.1, 0.15) is 18.1 Å². The first kappa shape index (κ1) is 15.0. The van der Waals surface area contributed by atoms with Crippen molar-refractivity contribution >= 4 is 0 Å². The van der Waals surface area contributed by atoms with Gasteiger partial charge in [-0.1, -0.05) is 11.8 Å². The first-order valence-electron chi connectivity index (χ1n) is 6.90. The molecule has 1 heterocycles. The molecule has 0 spiro atoms. The van der Waals surface area contributed by atoms with E-state index in [1.807, 2.05) is 6.07 Å². The summed E-state index contributed by atoms with van der Waals surface area (Å²) in [6, 6.07) is 5.38. The molecule has 1 fully saturated rings. The van der Waals surface area contributed by atoms with Crippen LogP contribution in [0, 0.1) is 17.7 Å². The zero-order valence-corrected chi connectivity index (χ0v) is 12.1. The van der Waals surface area contributed by atoms with Crippen LogP contribution in [0.15, 0.2) is 18.2 Å². The van der Waals surface area contributed by atoms with Crippen molar-refractivity contribution in [1.82, 2.24) is 9.80 Å². The summed E-state index contributed by atoms with van der Waals surface area (Å²) in [7, 11) is 2.13. The van der Waals surface area contributed by atoms with Crippen LogP contribution in [0.5, 0.6) is 0 Å².